The zero-order valence-electron chi connectivity index (χ0n) is 15.7. The number of hydrogen-bond acceptors (Lipinski definition) is 7. The molecule has 148 valence electrons. The summed E-state index contributed by atoms with van der Waals surface area (Å²) in [6, 6.07) is 4.69. The SMILES string of the molecule is CCCNCCCO.COC(=O)c1ccc2c(c1)N=C(N)CC(C(=O)O)=C2. The number of nitrogens with two attached hydrogens (primary N) is 1. The van der Waals surface area contributed by atoms with Gasteiger partial charge in [0.15, 0.2) is 0 Å². The van der Waals surface area contributed by atoms with Crippen molar-refractivity contribution < 1.29 is 24.5 Å². The minimum atomic E-state index is -1.04. The number of carboxylic acid groups (broad SMARTS) is 1. The van der Waals surface area contributed by atoms with Crippen LogP contribution in [0.1, 0.15) is 42.1 Å². The number of ether oxygens (including phenoxy) is 1. The van der Waals surface area contributed by atoms with Crippen molar-refractivity contribution in [3.63, 3.8) is 0 Å². The number of aliphatic imine (C=N–C) groups is 1. The molecule has 8 heteroatoms. The lowest BCUT2D eigenvalue weighted by atomic mass is 10.1. The summed E-state index contributed by atoms with van der Waals surface area (Å²) in [5.74, 6) is -1.33. The number of nitrogens with one attached hydrogen (secondary N) is 1. The number of amidine groups is 1. The zero-order valence-corrected chi connectivity index (χ0v) is 15.7. The van der Waals surface area contributed by atoms with E-state index in [4.69, 9.17) is 15.9 Å². The van der Waals surface area contributed by atoms with Crippen LogP contribution in [0.3, 0.4) is 0 Å². The molecule has 0 atom stereocenters. The highest BCUT2D eigenvalue weighted by atomic mass is 16.5. The molecule has 0 aromatic heterocycles. The maximum absolute atomic E-state index is 11.4. The highest BCUT2D eigenvalue weighted by molar-refractivity contribution is 6.03. The lowest BCUT2D eigenvalue weighted by Gasteiger charge is -2.03. The Morgan fingerprint density at radius 1 is 1.33 bits per heavy atom. The molecule has 0 amide bonds. The summed E-state index contributed by atoms with van der Waals surface area (Å²) in [4.78, 5) is 26.6. The molecule has 1 aliphatic heterocycles. The molecule has 2 rings (SSSR count). The van der Waals surface area contributed by atoms with Crippen molar-refractivity contribution in [2.24, 2.45) is 10.7 Å². The number of carbonyl (C=O) groups excluding carboxylic acids is 1. The van der Waals surface area contributed by atoms with Crippen LogP contribution in [0.25, 0.3) is 6.08 Å². The molecule has 1 aromatic rings. The van der Waals surface area contributed by atoms with Gasteiger partial charge in [-0.25, -0.2) is 14.6 Å². The predicted molar refractivity (Wildman–Crippen MR) is 104 cm³/mol. The smallest absolute Gasteiger partial charge is 0.337 e. The Morgan fingerprint density at radius 2 is 2.07 bits per heavy atom. The van der Waals surface area contributed by atoms with E-state index in [1.54, 1.807) is 12.1 Å². The maximum atomic E-state index is 11.4. The molecule has 0 saturated heterocycles. The van der Waals surface area contributed by atoms with Crippen LogP contribution < -0.4 is 11.1 Å². The van der Waals surface area contributed by atoms with E-state index in [1.807, 2.05) is 0 Å². The largest absolute Gasteiger partial charge is 0.478 e. The third kappa shape index (κ3) is 7.59. The van der Waals surface area contributed by atoms with E-state index in [1.165, 1.54) is 25.7 Å². The van der Waals surface area contributed by atoms with E-state index < -0.39 is 11.9 Å². The molecule has 0 aliphatic carbocycles. The van der Waals surface area contributed by atoms with Crippen LogP contribution in [-0.2, 0) is 9.53 Å². The fourth-order valence-electron chi connectivity index (χ4n) is 2.28. The molecule has 8 nitrogen and oxygen atoms in total. The van der Waals surface area contributed by atoms with Crippen LogP contribution in [0.5, 0.6) is 0 Å². The van der Waals surface area contributed by atoms with Crippen molar-refractivity contribution in [3.8, 4) is 0 Å². The molecule has 27 heavy (non-hydrogen) atoms. The molecule has 1 aliphatic rings. The van der Waals surface area contributed by atoms with Gasteiger partial charge in [0, 0.05) is 24.2 Å². The van der Waals surface area contributed by atoms with E-state index in [9.17, 15) is 9.59 Å². The Labute approximate surface area is 158 Å². The van der Waals surface area contributed by atoms with Crippen molar-refractivity contribution in [1.29, 1.82) is 0 Å². The van der Waals surface area contributed by atoms with E-state index in [-0.39, 0.29) is 17.8 Å². The lowest BCUT2D eigenvalue weighted by Crippen LogP contribution is -2.16. The second-order valence-corrected chi connectivity index (χ2v) is 5.85. The van der Waals surface area contributed by atoms with Gasteiger partial charge >= 0.3 is 11.9 Å². The molecule has 0 radical (unpaired) electrons. The summed E-state index contributed by atoms with van der Waals surface area (Å²) in [5, 5.41) is 20.5. The highest BCUT2D eigenvalue weighted by Crippen LogP contribution is 2.27. The quantitative estimate of drug-likeness (QED) is 0.420. The number of nitrogens with zero attached hydrogens (tertiary/aromatic N) is 1. The number of aliphatic carboxylic acids is 1. The number of methoxy groups -OCH3 is 1. The maximum Gasteiger partial charge on any atom is 0.337 e. The van der Waals surface area contributed by atoms with Gasteiger partial charge in [-0.3, -0.25) is 0 Å². The number of carboxylic acids is 1. The molecule has 0 bridgehead atoms. The monoisotopic (exact) mass is 377 g/mol. The van der Waals surface area contributed by atoms with Crippen LogP contribution in [0, 0.1) is 0 Å². The summed E-state index contributed by atoms with van der Waals surface area (Å²) in [5.41, 5.74) is 7.22. The van der Waals surface area contributed by atoms with Gasteiger partial charge in [-0.05, 0) is 44.1 Å². The molecule has 1 aromatic carbocycles. The van der Waals surface area contributed by atoms with Crippen LogP contribution in [0.4, 0.5) is 5.69 Å². The van der Waals surface area contributed by atoms with Gasteiger partial charge in [0.1, 0.15) is 5.84 Å². The first-order chi connectivity index (χ1) is 12.9. The second kappa shape index (κ2) is 11.8. The van der Waals surface area contributed by atoms with E-state index in [2.05, 4.69) is 22.0 Å². The highest BCUT2D eigenvalue weighted by Gasteiger charge is 2.16. The number of fused-ring (bicyclic) bond motifs is 1. The fourth-order valence-corrected chi connectivity index (χ4v) is 2.28. The van der Waals surface area contributed by atoms with Gasteiger partial charge in [-0.15, -0.1) is 0 Å². The van der Waals surface area contributed by atoms with Crippen LogP contribution >= 0.6 is 0 Å². The predicted octanol–water partition coefficient (Wildman–Crippen LogP) is 1.70. The van der Waals surface area contributed by atoms with Gasteiger partial charge in [-0.2, -0.15) is 0 Å². The van der Waals surface area contributed by atoms with Gasteiger partial charge in [0.05, 0.1) is 18.4 Å². The van der Waals surface area contributed by atoms with Crippen molar-refractivity contribution in [2.75, 3.05) is 26.8 Å². The minimum Gasteiger partial charge on any atom is -0.478 e. The number of hydrogen-bond donors (Lipinski definition) is 4. The third-order valence-corrected chi connectivity index (χ3v) is 3.63. The van der Waals surface area contributed by atoms with Crippen molar-refractivity contribution in [3.05, 3.63) is 34.9 Å². The minimum absolute atomic E-state index is 0.0670. The third-order valence-electron chi connectivity index (χ3n) is 3.63. The fraction of sp³-hybridized carbons (Fsp3) is 0.421. The van der Waals surface area contributed by atoms with Crippen LogP contribution in [0.15, 0.2) is 28.8 Å². The first-order valence-electron chi connectivity index (χ1n) is 8.73. The number of rotatable bonds is 7. The summed E-state index contributed by atoms with van der Waals surface area (Å²) < 4.78 is 4.62. The first kappa shape index (κ1) is 22.3. The first-order valence-corrected chi connectivity index (χ1v) is 8.73. The molecular weight excluding hydrogens is 350 g/mol. The summed E-state index contributed by atoms with van der Waals surface area (Å²) in [6.07, 6.45) is 3.62. The van der Waals surface area contributed by atoms with Gasteiger partial charge in [0.25, 0.3) is 0 Å². The standard InChI is InChI=1S/C13H12N2O4.C6H15NO/c1-19-13(18)8-3-2-7-4-9(12(16)17)6-11(14)15-10(7)5-8;1-2-4-7-5-3-6-8/h2-5H,6H2,1H3,(H2,14,15)(H,16,17);7-8H,2-6H2,1H3. The Morgan fingerprint density at radius 3 is 2.67 bits per heavy atom. The van der Waals surface area contributed by atoms with Crippen molar-refractivity contribution in [1.82, 2.24) is 5.32 Å². The van der Waals surface area contributed by atoms with Gasteiger partial charge in [-0.1, -0.05) is 13.0 Å². The molecule has 0 spiro atoms. The van der Waals surface area contributed by atoms with Crippen molar-refractivity contribution in [2.45, 2.75) is 26.2 Å². The molecule has 5 N–H and O–H groups in total. The molecular formula is C19H27N3O5. The van der Waals surface area contributed by atoms with E-state index in [0.29, 0.717) is 23.4 Å². The average Bonchev–Trinajstić information content (AvgIpc) is 2.82. The molecule has 1 heterocycles. The average molecular weight is 377 g/mol. The molecule has 0 saturated carbocycles. The summed E-state index contributed by atoms with van der Waals surface area (Å²) >= 11 is 0. The van der Waals surface area contributed by atoms with Gasteiger partial charge in [0.2, 0.25) is 0 Å². The number of esters is 1. The van der Waals surface area contributed by atoms with Crippen LogP contribution in [0.2, 0.25) is 0 Å². The number of aliphatic hydroxyl groups excluding tert-OH is 1. The Balaban J connectivity index is 0.000000387. The van der Waals surface area contributed by atoms with E-state index in [0.717, 1.165) is 19.5 Å². The van der Waals surface area contributed by atoms with Crippen molar-refractivity contribution >= 4 is 29.5 Å². The topological polar surface area (TPSA) is 134 Å². The van der Waals surface area contributed by atoms with Crippen LogP contribution in [-0.4, -0.2) is 54.8 Å². The lowest BCUT2D eigenvalue weighted by molar-refractivity contribution is -0.132. The molecule has 0 fully saturated rings. The summed E-state index contributed by atoms with van der Waals surface area (Å²) in [6.45, 7) is 4.45. The summed E-state index contributed by atoms with van der Waals surface area (Å²) in [7, 11) is 1.29. The Bertz CT molecular complexity index is 707. The number of aliphatic hydroxyl groups is 1. The van der Waals surface area contributed by atoms with E-state index >= 15 is 0 Å². The second-order valence-electron chi connectivity index (χ2n) is 5.85. The normalized spacial score (nSPS) is 12.6. The molecule has 0 unspecified atom stereocenters. The Hall–Kier alpha value is -2.71. The van der Waals surface area contributed by atoms with Gasteiger partial charge < -0.3 is 26.0 Å². The number of carbonyl (C=O) groups is 2. The number of benzene rings is 1. The Kier molecular flexibility index (Phi) is 9.78. The zero-order chi connectivity index (χ0) is 20.2.